The number of rotatable bonds is 7. The zero-order valence-electron chi connectivity index (χ0n) is 12.9. The minimum absolute atomic E-state index is 0.112. The first-order valence-electron chi connectivity index (χ1n) is 7.25. The minimum Gasteiger partial charge on any atom is -0.497 e. The predicted octanol–water partition coefficient (Wildman–Crippen LogP) is 1.70. The van der Waals surface area contributed by atoms with E-state index in [0.717, 1.165) is 0 Å². The van der Waals surface area contributed by atoms with Crippen molar-refractivity contribution in [2.24, 2.45) is 0 Å². The fraction of sp³-hybridized carbons (Fsp3) is 0.533. The monoisotopic (exact) mass is 343 g/mol. The van der Waals surface area contributed by atoms with E-state index < -0.39 is 22.6 Å². The van der Waals surface area contributed by atoms with Gasteiger partial charge in [-0.3, -0.25) is 4.79 Å². The third-order valence-corrected chi connectivity index (χ3v) is 4.58. The second-order valence-electron chi connectivity index (χ2n) is 5.48. The Kier molecular flexibility index (Phi) is 5.97. The van der Waals surface area contributed by atoms with Gasteiger partial charge in [0.15, 0.2) is 11.1 Å². The van der Waals surface area contributed by atoms with Crippen LogP contribution >= 0.6 is 0 Å². The van der Waals surface area contributed by atoms with Crippen molar-refractivity contribution in [3.05, 3.63) is 24.3 Å². The molecule has 1 heterocycles. The number of nitrogens with zero attached hydrogens (tertiary/aromatic N) is 1. The number of carbonyl (C=O) groups is 1. The van der Waals surface area contributed by atoms with Crippen LogP contribution in [0, 0.1) is 0 Å². The van der Waals surface area contributed by atoms with E-state index in [4.69, 9.17) is 9.47 Å². The number of aliphatic carboxylic acids is 1. The quantitative estimate of drug-likeness (QED) is 0.727. The van der Waals surface area contributed by atoms with Gasteiger partial charge in [-0.05, 0) is 37.1 Å². The number of hydrogen-bond acceptors (Lipinski definition) is 5. The fourth-order valence-corrected chi connectivity index (χ4v) is 3.58. The maximum Gasteiger partial charge on any atom is 0.305 e. The van der Waals surface area contributed by atoms with Crippen LogP contribution < -0.4 is 9.64 Å². The number of anilines is 1. The highest BCUT2D eigenvalue weighted by atomic mass is 32.2. The number of ether oxygens (including phenoxy) is 2. The zero-order chi connectivity index (χ0) is 16.9. The first kappa shape index (κ1) is 17.7. The molecule has 1 aromatic carbocycles. The molecule has 8 heteroatoms. The minimum atomic E-state index is -2.08. The van der Waals surface area contributed by atoms with Crippen molar-refractivity contribution in [1.82, 2.24) is 0 Å². The highest BCUT2D eigenvalue weighted by Gasteiger charge is 2.41. The fourth-order valence-electron chi connectivity index (χ4n) is 2.93. The Bertz CT molecular complexity index is 556. The highest BCUT2D eigenvalue weighted by Crippen LogP contribution is 2.36. The van der Waals surface area contributed by atoms with Crippen LogP contribution in [-0.2, 0) is 20.6 Å². The van der Waals surface area contributed by atoms with Crippen LogP contribution in [-0.4, -0.2) is 51.6 Å². The van der Waals surface area contributed by atoms with Gasteiger partial charge in [0.2, 0.25) is 0 Å². The van der Waals surface area contributed by atoms with Crippen LogP contribution in [0.5, 0.6) is 5.75 Å². The molecule has 0 amide bonds. The van der Waals surface area contributed by atoms with Gasteiger partial charge in [-0.15, -0.1) is 0 Å². The molecule has 7 nitrogen and oxygen atoms in total. The molecule has 1 saturated heterocycles. The van der Waals surface area contributed by atoms with Gasteiger partial charge in [-0.2, -0.15) is 0 Å². The lowest BCUT2D eigenvalue weighted by Crippen LogP contribution is -2.54. The standard InChI is InChI=1S/C15H21NO6S/c1-21-13-4-2-12(3-5-13)16(11-23(19)20)15(10-14(17)18)6-8-22-9-7-15/h2-5H,6-11H2,1H3,(H,17,18)(H,19,20). The maximum absolute atomic E-state index is 11.4. The molecule has 1 atom stereocenters. The molecule has 0 aliphatic carbocycles. The SMILES string of the molecule is COc1ccc(N(CS(=O)O)C2(CC(=O)O)CCOCC2)cc1. The molecule has 0 spiro atoms. The predicted molar refractivity (Wildman–Crippen MR) is 86.1 cm³/mol. The molecule has 128 valence electrons. The Labute approximate surface area is 137 Å². The first-order chi connectivity index (χ1) is 11.0. The molecule has 2 N–H and O–H groups in total. The molecular formula is C15H21NO6S. The van der Waals surface area contributed by atoms with Gasteiger partial charge in [-0.1, -0.05) is 0 Å². The average molecular weight is 343 g/mol. The van der Waals surface area contributed by atoms with E-state index in [1.807, 2.05) is 0 Å². The first-order valence-corrected chi connectivity index (χ1v) is 8.53. The summed E-state index contributed by atoms with van der Waals surface area (Å²) in [5.41, 5.74) is -0.0480. The zero-order valence-corrected chi connectivity index (χ0v) is 13.8. The van der Waals surface area contributed by atoms with E-state index in [9.17, 15) is 18.7 Å². The van der Waals surface area contributed by atoms with E-state index in [1.54, 1.807) is 36.3 Å². The van der Waals surface area contributed by atoms with Gasteiger partial charge in [0.1, 0.15) is 11.6 Å². The Morgan fingerprint density at radius 2 is 1.96 bits per heavy atom. The molecule has 1 aliphatic heterocycles. The van der Waals surface area contributed by atoms with Crippen LogP contribution in [0.3, 0.4) is 0 Å². The van der Waals surface area contributed by atoms with Gasteiger partial charge in [0.05, 0.1) is 19.1 Å². The average Bonchev–Trinajstić information content (AvgIpc) is 2.53. The smallest absolute Gasteiger partial charge is 0.305 e. The van der Waals surface area contributed by atoms with E-state index in [2.05, 4.69) is 0 Å². The van der Waals surface area contributed by atoms with Gasteiger partial charge in [0.25, 0.3) is 0 Å². The van der Waals surface area contributed by atoms with Crippen LogP contribution in [0.15, 0.2) is 24.3 Å². The van der Waals surface area contributed by atoms with Crippen molar-refractivity contribution >= 4 is 22.7 Å². The molecule has 1 fully saturated rings. The summed E-state index contributed by atoms with van der Waals surface area (Å²) in [4.78, 5) is 13.1. The molecule has 23 heavy (non-hydrogen) atoms. The Morgan fingerprint density at radius 3 is 2.43 bits per heavy atom. The summed E-state index contributed by atoms with van der Waals surface area (Å²) in [6.45, 7) is 0.857. The highest BCUT2D eigenvalue weighted by molar-refractivity contribution is 7.79. The number of carboxylic acid groups (broad SMARTS) is 1. The largest absolute Gasteiger partial charge is 0.497 e. The third-order valence-electron chi connectivity index (χ3n) is 4.10. The van der Waals surface area contributed by atoms with Crippen molar-refractivity contribution in [2.75, 3.05) is 31.1 Å². The lowest BCUT2D eigenvalue weighted by molar-refractivity contribution is -0.139. The Morgan fingerprint density at radius 1 is 1.35 bits per heavy atom. The number of carboxylic acids is 1. The summed E-state index contributed by atoms with van der Waals surface area (Å²) in [6, 6.07) is 7.03. The summed E-state index contributed by atoms with van der Waals surface area (Å²) in [5, 5.41) is 9.32. The lowest BCUT2D eigenvalue weighted by atomic mass is 9.84. The van der Waals surface area contributed by atoms with Crippen molar-refractivity contribution < 1.29 is 28.1 Å². The number of methoxy groups -OCH3 is 1. The van der Waals surface area contributed by atoms with E-state index in [1.165, 1.54) is 0 Å². The molecule has 1 unspecified atom stereocenters. The summed E-state index contributed by atoms with van der Waals surface area (Å²) in [5.74, 6) is -0.424. The van der Waals surface area contributed by atoms with Crippen molar-refractivity contribution in [3.63, 3.8) is 0 Å². The Balaban J connectivity index is 2.39. The molecule has 2 rings (SSSR count). The summed E-state index contributed by atoms with van der Waals surface area (Å²) >= 11 is -2.08. The van der Waals surface area contributed by atoms with Gasteiger partial charge in [0, 0.05) is 18.9 Å². The molecular weight excluding hydrogens is 322 g/mol. The second kappa shape index (κ2) is 7.76. The van der Waals surface area contributed by atoms with Crippen LogP contribution in [0.25, 0.3) is 0 Å². The Hall–Kier alpha value is -1.64. The van der Waals surface area contributed by atoms with Crippen molar-refractivity contribution in [3.8, 4) is 5.75 Å². The van der Waals surface area contributed by atoms with Gasteiger partial charge >= 0.3 is 5.97 Å². The van der Waals surface area contributed by atoms with E-state index >= 15 is 0 Å². The van der Waals surface area contributed by atoms with Crippen LogP contribution in [0.2, 0.25) is 0 Å². The van der Waals surface area contributed by atoms with Crippen LogP contribution in [0.4, 0.5) is 5.69 Å². The van der Waals surface area contributed by atoms with Crippen molar-refractivity contribution in [2.45, 2.75) is 24.8 Å². The molecule has 0 aromatic heterocycles. The van der Waals surface area contributed by atoms with E-state index in [-0.39, 0.29) is 12.3 Å². The normalized spacial score (nSPS) is 18.2. The topological polar surface area (TPSA) is 96.3 Å². The van der Waals surface area contributed by atoms with Gasteiger partial charge < -0.3 is 24.0 Å². The molecule has 0 bridgehead atoms. The molecule has 0 radical (unpaired) electrons. The number of benzene rings is 1. The summed E-state index contributed by atoms with van der Waals surface area (Å²) in [6.07, 6.45) is 0.866. The van der Waals surface area contributed by atoms with Crippen LogP contribution in [0.1, 0.15) is 19.3 Å². The summed E-state index contributed by atoms with van der Waals surface area (Å²) in [7, 11) is 1.56. The molecule has 1 aliphatic rings. The molecule has 0 saturated carbocycles. The lowest BCUT2D eigenvalue weighted by Gasteiger charge is -2.46. The van der Waals surface area contributed by atoms with Gasteiger partial charge in [-0.25, -0.2) is 4.21 Å². The summed E-state index contributed by atoms with van der Waals surface area (Å²) < 4.78 is 31.3. The number of hydrogen-bond donors (Lipinski definition) is 2. The maximum atomic E-state index is 11.4. The third kappa shape index (κ3) is 4.43. The van der Waals surface area contributed by atoms with Crippen molar-refractivity contribution in [1.29, 1.82) is 0 Å². The second-order valence-corrected chi connectivity index (χ2v) is 6.39. The molecule has 1 aromatic rings. The van der Waals surface area contributed by atoms with E-state index in [0.29, 0.717) is 37.5 Å².